The van der Waals surface area contributed by atoms with Gasteiger partial charge in [-0.05, 0) is 12.1 Å². The average molecular weight is 326 g/mol. The van der Waals surface area contributed by atoms with Crippen LogP contribution >= 0.6 is 0 Å². The van der Waals surface area contributed by atoms with Crippen LogP contribution in [0.1, 0.15) is 0 Å². The highest BCUT2D eigenvalue weighted by Gasteiger charge is 2.20. The second-order valence-corrected chi connectivity index (χ2v) is 5.26. The van der Waals surface area contributed by atoms with Crippen molar-refractivity contribution in [1.82, 2.24) is 0 Å². The van der Waals surface area contributed by atoms with Crippen LogP contribution in [0.2, 0.25) is 0 Å². The second-order valence-electron chi connectivity index (χ2n) is 5.26. The number of furan rings is 1. The van der Waals surface area contributed by atoms with Crippen LogP contribution in [-0.4, -0.2) is 21.3 Å². The van der Waals surface area contributed by atoms with Crippen molar-refractivity contribution in [3.63, 3.8) is 0 Å². The molecule has 2 aromatic heterocycles. The Labute approximate surface area is 136 Å². The second kappa shape index (κ2) is 5.19. The van der Waals surface area contributed by atoms with E-state index in [1.807, 2.05) is 0 Å². The zero-order valence-corrected chi connectivity index (χ0v) is 13.3. The smallest absolute Gasteiger partial charge is 0.348 e. The lowest BCUT2D eigenvalue weighted by atomic mass is 10.1. The van der Waals surface area contributed by atoms with Crippen molar-refractivity contribution in [1.29, 1.82) is 0 Å². The average Bonchev–Trinajstić information content (AvgIpc) is 3.00. The minimum absolute atomic E-state index is 0.349. The van der Waals surface area contributed by atoms with E-state index < -0.39 is 5.63 Å². The van der Waals surface area contributed by atoms with E-state index in [0.717, 1.165) is 0 Å². The number of methoxy groups -OCH3 is 3. The molecule has 0 aliphatic rings. The molecular formula is C18H14O6. The molecule has 0 bridgehead atoms. The molecule has 0 atom stereocenters. The van der Waals surface area contributed by atoms with Crippen LogP contribution < -0.4 is 19.8 Å². The van der Waals surface area contributed by atoms with Crippen LogP contribution in [-0.2, 0) is 0 Å². The summed E-state index contributed by atoms with van der Waals surface area (Å²) in [6, 6.07) is 8.65. The molecule has 4 rings (SSSR count). The van der Waals surface area contributed by atoms with Gasteiger partial charge >= 0.3 is 5.63 Å². The SMILES string of the molecule is COc1ccc2c(c1)oc(=O)c1c2oc2cc(OC)cc(OC)c21. The lowest BCUT2D eigenvalue weighted by molar-refractivity contribution is 0.397. The summed E-state index contributed by atoms with van der Waals surface area (Å²) in [4.78, 5) is 12.5. The molecule has 0 fully saturated rings. The van der Waals surface area contributed by atoms with Crippen molar-refractivity contribution in [3.05, 3.63) is 40.8 Å². The topological polar surface area (TPSA) is 71.0 Å². The summed E-state index contributed by atoms with van der Waals surface area (Å²) in [6.45, 7) is 0. The van der Waals surface area contributed by atoms with Crippen LogP contribution in [0.25, 0.3) is 32.9 Å². The highest BCUT2D eigenvalue weighted by molar-refractivity contribution is 6.15. The minimum atomic E-state index is -0.493. The van der Waals surface area contributed by atoms with Crippen molar-refractivity contribution in [2.75, 3.05) is 21.3 Å². The van der Waals surface area contributed by atoms with Gasteiger partial charge in [-0.3, -0.25) is 0 Å². The number of fused-ring (bicyclic) bond motifs is 5. The van der Waals surface area contributed by atoms with Crippen LogP contribution in [0, 0.1) is 0 Å². The van der Waals surface area contributed by atoms with Gasteiger partial charge in [-0.25, -0.2) is 4.79 Å². The van der Waals surface area contributed by atoms with Crippen molar-refractivity contribution in [2.45, 2.75) is 0 Å². The molecule has 6 heteroatoms. The minimum Gasteiger partial charge on any atom is -0.497 e. The van der Waals surface area contributed by atoms with E-state index in [0.29, 0.717) is 50.2 Å². The summed E-state index contributed by atoms with van der Waals surface area (Å²) < 4.78 is 27.2. The first-order valence-corrected chi connectivity index (χ1v) is 7.25. The summed E-state index contributed by atoms with van der Waals surface area (Å²) in [7, 11) is 4.63. The molecule has 0 saturated heterocycles. The monoisotopic (exact) mass is 326 g/mol. The van der Waals surface area contributed by atoms with Gasteiger partial charge in [-0.15, -0.1) is 0 Å². The largest absolute Gasteiger partial charge is 0.497 e. The Bertz CT molecular complexity index is 1140. The Kier molecular flexibility index (Phi) is 3.13. The summed E-state index contributed by atoms with van der Waals surface area (Å²) >= 11 is 0. The fraction of sp³-hybridized carbons (Fsp3) is 0.167. The van der Waals surface area contributed by atoms with Crippen molar-refractivity contribution in [3.8, 4) is 17.2 Å². The molecule has 0 aliphatic heterocycles. The van der Waals surface area contributed by atoms with Gasteiger partial charge in [0.1, 0.15) is 33.8 Å². The molecule has 0 saturated carbocycles. The number of rotatable bonds is 3. The van der Waals surface area contributed by atoms with Gasteiger partial charge in [0.15, 0.2) is 5.58 Å². The third kappa shape index (κ3) is 1.93. The third-order valence-electron chi connectivity index (χ3n) is 4.02. The Hall–Kier alpha value is -3.15. The molecule has 0 N–H and O–H groups in total. The summed E-state index contributed by atoms with van der Waals surface area (Å²) in [6.07, 6.45) is 0. The number of hydrogen-bond donors (Lipinski definition) is 0. The van der Waals surface area contributed by atoms with Gasteiger partial charge in [0, 0.05) is 18.2 Å². The highest BCUT2D eigenvalue weighted by Crippen LogP contribution is 2.39. The molecule has 4 aromatic rings. The van der Waals surface area contributed by atoms with Crippen molar-refractivity contribution in [2.24, 2.45) is 0 Å². The molecule has 122 valence electrons. The summed E-state index contributed by atoms with van der Waals surface area (Å²) in [5.74, 6) is 1.66. The van der Waals surface area contributed by atoms with Gasteiger partial charge in [0.25, 0.3) is 0 Å². The van der Waals surface area contributed by atoms with Gasteiger partial charge < -0.3 is 23.0 Å². The molecule has 2 aromatic carbocycles. The van der Waals surface area contributed by atoms with E-state index >= 15 is 0 Å². The summed E-state index contributed by atoms with van der Waals surface area (Å²) in [5, 5.41) is 1.60. The maximum absolute atomic E-state index is 12.5. The van der Waals surface area contributed by atoms with Crippen LogP contribution in [0.4, 0.5) is 0 Å². The molecule has 6 nitrogen and oxygen atoms in total. The van der Waals surface area contributed by atoms with Crippen LogP contribution in [0.5, 0.6) is 17.2 Å². The normalized spacial score (nSPS) is 11.3. The molecule has 0 spiro atoms. The van der Waals surface area contributed by atoms with Crippen LogP contribution in [0.3, 0.4) is 0 Å². The van der Waals surface area contributed by atoms with Gasteiger partial charge in [0.05, 0.1) is 32.1 Å². The standard InChI is InChI=1S/C18H14O6/c1-20-9-4-5-11-12(6-9)24-18(19)16-15-13(22-3)7-10(21-2)8-14(15)23-17(11)16/h4-8H,1-3H3. The lowest BCUT2D eigenvalue weighted by Crippen LogP contribution is -1.99. The summed E-state index contributed by atoms with van der Waals surface area (Å²) in [5.41, 5.74) is 0.854. The quantitative estimate of drug-likeness (QED) is 0.534. The van der Waals surface area contributed by atoms with E-state index in [-0.39, 0.29) is 0 Å². The van der Waals surface area contributed by atoms with E-state index in [4.69, 9.17) is 23.0 Å². The fourth-order valence-electron chi connectivity index (χ4n) is 2.88. The predicted octanol–water partition coefficient (Wildman–Crippen LogP) is 3.72. The van der Waals surface area contributed by atoms with E-state index in [9.17, 15) is 4.79 Å². The number of ether oxygens (including phenoxy) is 3. The van der Waals surface area contributed by atoms with Gasteiger partial charge in [-0.2, -0.15) is 0 Å². The van der Waals surface area contributed by atoms with Crippen LogP contribution in [0.15, 0.2) is 44.0 Å². The zero-order valence-electron chi connectivity index (χ0n) is 13.3. The molecule has 0 amide bonds. The van der Waals surface area contributed by atoms with Crippen molar-refractivity contribution < 1.29 is 23.0 Å². The first kappa shape index (κ1) is 14.4. The molecule has 2 heterocycles. The predicted molar refractivity (Wildman–Crippen MR) is 89.4 cm³/mol. The maximum atomic E-state index is 12.5. The Balaban J connectivity index is 2.21. The number of hydrogen-bond acceptors (Lipinski definition) is 6. The molecule has 0 unspecified atom stereocenters. The molecule has 0 aliphatic carbocycles. The number of benzene rings is 2. The molecule has 24 heavy (non-hydrogen) atoms. The first-order chi connectivity index (χ1) is 11.7. The van der Waals surface area contributed by atoms with Crippen molar-refractivity contribution >= 4 is 32.9 Å². The molecule has 0 radical (unpaired) electrons. The lowest BCUT2D eigenvalue weighted by Gasteiger charge is -2.04. The third-order valence-corrected chi connectivity index (χ3v) is 4.02. The Morgan fingerprint density at radius 3 is 2.25 bits per heavy atom. The first-order valence-electron chi connectivity index (χ1n) is 7.25. The zero-order chi connectivity index (χ0) is 16.8. The van der Waals surface area contributed by atoms with Gasteiger partial charge in [-0.1, -0.05) is 0 Å². The fourth-order valence-corrected chi connectivity index (χ4v) is 2.88. The van der Waals surface area contributed by atoms with E-state index in [2.05, 4.69) is 0 Å². The maximum Gasteiger partial charge on any atom is 0.348 e. The highest BCUT2D eigenvalue weighted by atomic mass is 16.5. The van der Waals surface area contributed by atoms with E-state index in [1.165, 1.54) is 7.11 Å². The van der Waals surface area contributed by atoms with Gasteiger partial charge in [0.2, 0.25) is 0 Å². The Morgan fingerprint density at radius 2 is 1.54 bits per heavy atom. The Morgan fingerprint density at radius 1 is 0.792 bits per heavy atom. The van der Waals surface area contributed by atoms with E-state index in [1.54, 1.807) is 44.6 Å². The molecular weight excluding hydrogens is 312 g/mol.